The molecule has 5 heteroatoms. The molecule has 0 radical (unpaired) electrons. The van der Waals surface area contributed by atoms with Crippen LogP contribution in [0, 0.1) is 0 Å². The second-order valence-electron chi connectivity index (χ2n) is 4.82. The van der Waals surface area contributed by atoms with E-state index < -0.39 is 5.97 Å². The summed E-state index contributed by atoms with van der Waals surface area (Å²) in [7, 11) is 0. The molecule has 0 aliphatic rings. The number of benzene rings is 1. The maximum atomic E-state index is 11.7. The van der Waals surface area contributed by atoms with Gasteiger partial charge >= 0.3 is 5.97 Å². The summed E-state index contributed by atoms with van der Waals surface area (Å²) >= 11 is 0. The molecule has 0 bridgehead atoms. The van der Waals surface area contributed by atoms with Crippen molar-refractivity contribution >= 4 is 11.8 Å². The highest BCUT2D eigenvalue weighted by molar-refractivity contribution is 5.92. The molecule has 1 aromatic heterocycles. The standard InChI is InChI=1S/C15H19N3O2/c1-4-20-15(19)13-14(16)18(9-17-13)12-7-5-11(6-8-12)10(2)3/h5-10H,4,16H2,1-3H3. The fraction of sp³-hybridized carbons (Fsp3) is 0.333. The quantitative estimate of drug-likeness (QED) is 0.869. The lowest BCUT2D eigenvalue weighted by atomic mass is 10.0. The highest BCUT2D eigenvalue weighted by Gasteiger charge is 2.17. The van der Waals surface area contributed by atoms with Gasteiger partial charge in [-0.25, -0.2) is 9.78 Å². The van der Waals surface area contributed by atoms with Crippen molar-refractivity contribution in [3.8, 4) is 5.69 Å². The Hall–Kier alpha value is -2.30. The normalized spacial score (nSPS) is 10.8. The topological polar surface area (TPSA) is 70.1 Å². The smallest absolute Gasteiger partial charge is 0.360 e. The lowest BCUT2D eigenvalue weighted by molar-refractivity contribution is 0.0521. The zero-order valence-corrected chi connectivity index (χ0v) is 12.0. The maximum Gasteiger partial charge on any atom is 0.360 e. The fourth-order valence-electron chi connectivity index (χ4n) is 1.94. The fourth-order valence-corrected chi connectivity index (χ4v) is 1.94. The second kappa shape index (κ2) is 5.77. The first-order valence-corrected chi connectivity index (χ1v) is 6.64. The van der Waals surface area contributed by atoms with Crippen LogP contribution >= 0.6 is 0 Å². The van der Waals surface area contributed by atoms with Crippen LogP contribution in [-0.2, 0) is 4.74 Å². The Morgan fingerprint density at radius 1 is 1.35 bits per heavy atom. The lowest BCUT2D eigenvalue weighted by Gasteiger charge is -2.09. The van der Waals surface area contributed by atoms with Gasteiger partial charge in [-0.1, -0.05) is 26.0 Å². The van der Waals surface area contributed by atoms with Crippen molar-refractivity contribution in [3.63, 3.8) is 0 Å². The number of carbonyl (C=O) groups is 1. The van der Waals surface area contributed by atoms with Gasteiger partial charge in [0.1, 0.15) is 12.1 Å². The van der Waals surface area contributed by atoms with Crippen molar-refractivity contribution in [1.29, 1.82) is 0 Å². The Bertz CT molecular complexity index is 600. The van der Waals surface area contributed by atoms with Crippen LogP contribution in [0.1, 0.15) is 42.7 Å². The Morgan fingerprint density at radius 3 is 2.55 bits per heavy atom. The molecule has 20 heavy (non-hydrogen) atoms. The third-order valence-electron chi connectivity index (χ3n) is 3.11. The summed E-state index contributed by atoms with van der Waals surface area (Å²) < 4.78 is 6.59. The van der Waals surface area contributed by atoms with Crippen LogP contribution in [0.4, 0.5) is 5.82 Å². The minimum absolute atomic E-state index is 0.153. The first-order valence-electron chi connectivity index (χ1n) is 6.64. The van der Waals surface area contributed by atoms with Crippen LogP contribution in [0.5, 0.6) is 0 Å². The minimum atomic E-state index is -0.498. The molecule has 0 aliphatic heterocycles. The molecule has 2 aromatic rings. The van der Waals surface area contributed by atoms with E-state index >= 15 is 0 Å². The number of nitrogens with two attached hydrogens (primary N) is 1. The number of imidazole rings is 1. The van der Waals surface area contributed by atoms with Crippen molar-refractivity contribution < 1.29 is 9.53 Å². The Labute approximate surface area is 118 Å². The molecule has 0 aliphatic carbocycles. The van der Waals surface area contributed by atoms with Gasteiger partial charge in [-0.3, -0.25) is 4.57 Å². The molecule has 0 amide bonds. The largest absolute Gasteiger partial charge is 0.461 e. The number of ether oxygens (including phenoxy) is 1. The summed E-state index contributed by atoms with van der Waals surface area (Å²) in [6, 6.07) is 8.01. The SMILES string of the molecule is CCOC(=O)c1ncn(-c2ccc(C(C)C)cc2)c1N. The third-order valence-corrected chi connectivity index (χ3v) is 3.11. The van der Waals surface area contributed by atoms with E-state index in [4.69, 9.17) is 10.5 Å². The summed E-state index contributed by atoms with van der Waals surface area (Å²) in [5, 5.41) is 0. The van der Waals surface area contributed by atoms with Crippen LogP contribution in [-0.4, -0.2) is 22.1 Å². The summed E-state index contributed by atoms with van der Waals surface area (Å²) in [5.74, 6) is 0.266. The molecule has 0 unspecified atom stereocenters. The first-order chi connectivity index (χ1) is 9.54. The van der Waals surface area contributed by atoms with Gasteiger partial charge in [-0.05, 0) is 30.5 Å². The van der Waals surface area contributed by atoms with Gasteiger partial charge in [-0.15, -0.1) is 0 Å². The summed E-state index contributed by atoms with van der Waals surface area (Å²) in [6.07, 6.45) is 1.53. The molecule has 106 valence electrons. The monoisotopic (exact) mass is 273 g/mol. The van der Waals surface area contributed by atoms with E-state index in [-0.39, 0.29) is 5.69 Å². The molecular weight excluding hydrogens is 254 g/mol. The number of anilines is 1. The van der Waals surface area contributed by atoms with E-state index in [1.165, 1.54) is 11.9 Å². The zero-order chi connectivity index (χ0) is 14.7. The summed E-state index contributed by atoms with van der Waals surface area (Å²) in [4.78, 5) is 15.7. The van der Waals surface area contributed by atoms with Crippen LogP contribution < -0.4 is 5.73 Å². The van der Waals surface area contributed by atoms with Crippen molar-refractivity contribution in [1.82, 2.24) is 9.55 Å². The number of rotatable bonds is 4. The minimum Gasteiger partial charge on any atom is -0.461 e. The molecular formula is C15H19N3O2. The van der Waals surface area contributed by atoms with Gasteiger partial charge in [0.25, 0.3) is 0 Å². The van der Waals surface area contributed by atoms with Crippen molar-refractivity contribution in [2.45, 2.75) is 26.7 Å². The molecule has 0 atom stereocenters. The van der Waals surface area contributed by atoms with Crippen LogP contribution in [0.3, 0.4) is 0 Å². The van der Waals surface area contributed by atoms with Gasteiger partial charge in [0.15, 0.2) is 5.69 Å². The molecule has 0 fully saturated rings. The highest BCUT2D eigenvalue weighted by atomic mass is 16.5. The van der Waals surface area contributed by atoms with E-state index in [0.717, 1.165) is 5.69 Å². The maximum absolute atomic E-state index is 11.7. The molecule has 2 rings (SSSR count). The molecule has 5 nitrogen and oxygen atoms in total. The molecule has 2 N–H and O–H groups in total. The number of nitrogens with zero attached hydrogens (tertiary/aromatic N) is 2. The summed E-state index contributed by atoms with van der Waals surface area (Å²) in [5.41, 5.74) is 8.24. The third kappa shape index (κ3) is 2.66. The van der Waals surface area contributed by atoms with Crippen LogP contribution in [0.2, 0.25) is 0 Å². The van der Waals surface area contributed by atoms with Gasteiger partial charge in [0.2, 0.25) is 0 Å². The summed E-state index contributed by atoms with van der Waals surface area (Å²) in [6.45, 7) is 6.32. The first kappa shape index (κ1) is 14.1. The van der Waals surface area contributed by atoms with Gasteiger partial charge in [-0.2, -0.15) is 0 Å². The van der Waals surface area contributed by atoms with E-state index in [1.807, 2.05) is 24.3 Å². The zero-order valence-electron chi connectivity index (χ0n) is 12.0. The van der Waals surface area contributed by atoms with Crippen molar-refractivity contribution in [2.75, 3.05) is 12.3 Å². The lowest BCUT2D eigenvalue weighted by Crippen LogP contribution is -2.09. The average molecular weight is 273 g/mol. The number of aromatic nitrogens is 2. The number of hydrogen-bond donors (Lipinski definition) is 1. The average Bonchev–Trinajstić information content (AvgIpc) is 2.81. The highest BCUT2D eigenvalue weighted by Crippen LogP contribution is 2.20. The number of hydrogen-bond acceptors (Lipinski definition) is 4. The predicted octanol–water partition coefficient (Wildman–Crippen LogP) is 2.75. The van der Waals surface area contributed by atoms with E-state index in [0.29, 0.717) is 18.3 Å². The number of carbonyl (C=O) groups excluding carboxylic acids is 1. The molecule has 0 saturated carbocycles. The molecule has 1 heterocycles. The Morgan fingerprint density at radius 2 is 2.00 bits per heavy atom. The van der Waals surface area contributed by atoms with Crippen molar-refractivity contribution in [3.05, 3.63) is 41.9 Å². The Kier molecular flexibility index (Phi) is 4.08. The predicted molar refractivity (Wildman–Crippen MR) is 78.0 cm³/mol. The molecule has 1 aromatic carbocycles. The van der Waals surface area contributed by atoms with Gasteiger partial charge in [0, 0.05) is 5.69 Å². The molecule has 0 saturated heterocycles. The van der Waals surface area contributed by atoms with E-state index in [2.05, 4.69) is 18.8 Å². The second-order valence-corrected chi connectivity index (χ2v) is 4.82. The van der Waals surface area contributed by atoms with Crippen molar-refractivity contribution in [2.24, 2.45) is 0 Å². The Balaban J connectivity index is 2.32. The van der Waals surface area contributed by atoms with Crippen LogP contribution in [0.15, 0.2) is 30.6 Å². The molecule has 0 spiro atoms. The van der Waals surface area contributed by atoms with Gasteiger partial charge < -0.3 is 10.5 Å². The number of esters is 1. The number of nitrogen functional groups attached to an aromatic ring is 1. The van der Waals surface area contributed by atoms with E-state index in [1.54, 1.807) is 11.5 Å². The van der Waals surface area contributed by atoms with Crippen LogP contribution in [0.25, 0.3) is 5.69 Å². The van der Waals surface area contributed by atoms with Gasteiger partial charge in [0.05, 0.1) is 6.61 Å². The van der Waals surface area contributed by atoms with E-state index in [9.17, 15) is 4.79 Å².